The number of carbonyl (C=O) groups is 1. The normalized spacial score (nSPS) is 12.2. The summed E-state index contributed by atoms with van der Waals surface area (Å²) >= 11 is 6.19. The summed E-state index contributed by atoms with van der Waals surface area (Å²) in [4.78, 5) is 12.6. The first-order valence-corrected chi connectivity index (χ1v) is 10.6. The number of amides is 1. The summed E-state index contributed by atoms with van der Waals surface area (Å²) in [6.45, 7) is 8.76. The fourth-order valence-electron chi connectivity index (χ4n) is 3.42. The van der Waals surface area contributed by atoms with Crippen molar-refractivity contribution in [2.45, 2.75) is 40.2 Å². The first kappa shape index (κ1) is 21.9. The molecular weight excluding hydrogens is 390 g/mol. The van der Waals surface area contributed by atoms with Crippen molar-refractivity contribution in [1.82, 2.24) is 5.32 Å². The maximum atomic E-state index is 12.6. The minimum absolute atomic E-state index is 0.0497. The van der Waals surface area contributed by atoms with E-state index in [-0.39, 0.29) is 11.8 Å². The number of aryl methyl sites for hydroxylation is 3. The summed E-state index contributed by atoms with van der Waals surface area (Å²) in [7, 11) is 0. The van der Waals surface area contributed by atoms with Crippen LogP contribution in [-0.2, 0) is 6.54 Å². The second kappa shape index (κ2) is 9.77. The molecule has 0 aromatic heterocycles. The van der Waals surface area contributed by atoms with Gasteiger partial charge < -0.3 is 5.32 Å². The molecule has 0 aliphatic rings. The highest BCUT2D eigenvalue weighted by molar-refractivity contribution is 6.30. The number of hydrogen-bond acceptors (Lipinski definition) is 1. The molecule has 2 nitrogen and oxygen atoms in total. The molecule has 0 heterocycles. The minimum Gasteiger partial charge on any atom is -0.348 e. The lowest BCUT2D eigenvalue weighted by Crippen LogP contribution is -2.23. The van der Waals surface area contributed by atoms with Gasteiger partial charge in [-0.05, 0) is 72.7 Å². The molecule has 0 spiro atoms. The van der Waals surface area contributed by atoms with Crippen molar-refractivity contribution in [3.05, 3.63) is 111 Å². The zero-order chi connectivity index (χ0) is 21.7. The molecule has 1 atom stereocenters. The molecule has 154 valence electrons. The van der Waals surface area contributed by atoms with Gasteiger partial charge in [-0.15, -0.1) is 0 Å². The molecule has 30 heavy (non-hydrogen) atoms. The van der Waals surface area contributed by atoms with Gasteiger partial charge in [0.1, 0.15) is 0 Å². The first-order chi connectivity index (χ1) is 14.3. The van der Waals surface area contributed by atoms with Crippen molar-refractivity contribution >= 4 is 23.6 Å². The summed E-state index contributed by atoms with van der Waals surface area (Å²) in [6, 6.07) is 20.3. The van der Waals surface area contributed by atoms with Crippen molar-refractivity contribution in [1.29, 1.82) is 0 Å². The number of carbonyl (C=O) groups excluding carboxylic acids is 1. The lowest BCUT2D eigenvalue weighted by molar-refractivity contribution is 0.0950. The Morgan fingerprint density at radius 1 is 0.967 bits per heavy atom. The van der Waals surface area contributed by atoms with Crippen molar-refractivity contribution in [2.24, 2.45) is 0 Å². The van der Waals surface area contributed by atoms with Crippen LogP contribution in [0.15, 0.2) is 66.7 Å². The van der Waals surface area contributed by atoms with E-state index in [2.05, 4.69) is 56.4 Å². The molecule has 3 aromatic rings. The van der Waals surface area contributed by atoms with Crippen LogP contribution in [0.3, 0.4) is 0 Å². The maximum Gasteiger partial charge on any atom is 0.251 e. The lowest BCUT2D eigenvalue weighted by atomic mass is 9.97. The van der Waals surface area contributed by atoms with Gasteiger partial charge in [0.05, 0.1) is 0 Å². The molecule has 0 aliphatic heterocycles. The number of benzene rings is 3. The van der Waals surface area contributed by atoms with Crippen LogP contribution in [0.25, 0.3) is 6.08 Å². The van der Waals surface area contributed by atoms with Gasteiger partial charge in [0, 0.05) is 17.1 Å². The van der Waals surface area contributed by atoms with Gasteiger partial charge in [-0.3, -0.25) is 4.79 Å². The van der Waals surface area contributed by atoms with Gasteiger partial charge in [-0.25, -0.2) is 0 Å². The van der Waals surface area contributed by atoms with Crippen LogP contribution in [0.2, 0.25) is 5.02 Å². The fraction of sp³-hybridized carbons (Fsp3) is 0.222. The average Bonchev–Trinajstić information content (AvgIpc) is 2.70. The van der Waals surface area contributed by atoms with E-state index in [0.717, 1.165) is 27.3 Å². The van der Waals surface area contributed by atoms with Gasteiger partial charge in [0.2, 0.25) is 0 Å². The van der Waals surface area contributed by atoms with Gasteiger partial charge >= 0.3 is 0 Å². The Bertz CT molecular complexity index is 1050. The Labute approximate surface area is 184 Å². The molecule has 1 unspecified atom stereocenters. The van der Waals surface area contributed by atoms with E-state index < -0.39 is 0 Å². The smallest absolute Gasteiger partial charge is 0.251 e. The van der Waals surface area contributed by atoms with E-state index in [4.69, 9.17) is 11.6 Å². The number of nitrogens with one attached hydrogen (secondary N) is 1. The number of halogens is 1. The van der Waals surface area contributed by atoms with Crippen LogP contribution in [0.5, 0.6) is 0 Å². The Balaban J connectivity index is 1.66. The Morgan fingerprint density at radius 2 is 1.70 bits per heavy atom. The summed E-state index contributed by atoms with van der Waals surface area (Å²) in [6.07, 6.45) is 4.26. The maximum absolute atomic E-state index is 12.6. The van der Waals surface area contributed by atoms with Crippen molar-refractivity contribution in [3.63, 3.8) is 0 Å². The first-order valence-electron chi connectivity index (χ1n) is 10.2. The standard InChI is InChI=1S/C27H28ClNO/c1-18-5-8-23(9-6-18)17-29-27(30)26-12-11-22(15-21(26)4)10-7-20(3)24-13-19(2)14-25(28)16-24/h5-16,20H,17H2,1-4H3,(H,29,30)/b10-7+. The van der Waals surface area contributed by atoms with Crippen LogP contribution in [0.1, 0.15) is 56.6 Å². The van der Waals surface area contributed by atoms with Crippen LogP contribution in [0.4, 0.5) is 0 Å². The van der Waals surface area contributed by atoms with Crippen molar-refractivity contribution in [3.8, 4) is 0 Å². The largest absolute Gasteiger partial charge is 0.348 e. The third kappa shape index (κ3) is 5.84. The molecule has 0 saturated carbocycles. The van der Waals surface area contributed by atoms with Crippen molar-refractivity contribution in [2.75, 3.05) is 0 Å². The molecule has 0 fully saturated rings. The molecule has 0 radical (unpaired) electrons. The quantitative estimate of drug-likeness (QED) is 0.459. The highest BCUT2D eigenvalue weighted by Gasteiger charge is 2.09. The molecule has 1 N–H and O–H groups in total. The molecule has 0 saturated heterocycles. The van der Waals surface area contributed by atoms with Crippen LogP contribution in [0, 0.1) is 20.8 Å². The van der Waals surface area contributed by atoms with Crippen LogP contribution < -0.4 is 5.32 Å². The highest BCUT2D eigenvalue weighted by atomic mass is 35.5. The molecule has 0 aliphatic carbocycles. The third-order valence-electron chi connectivity index (χ3n) is 5.24. The second-order valence-corrected chi connectivity index (χ2v) is 8.39. The Morgan fingerprint density at radius 3 is 2.37 bits per heavy atom. The van der Waals surface area contributed by atoms with E-state index in [0.29, 0.717) is 12.1 Å². The fourth-order valence-corrected chi connectivity index (χ4v) is 3.72. The SMILES string of the molecule is Cc1ccc(CNC(=O)c2ccc(/C=C/C(C)c3cc(C)cc(Cl)c3)cc2C)cc1. The summed E-state index contributed by atoms with van der Waals surface area (Å²) in [5.74, 6) is 0.201. The van der Waals surface area contributed by atoms with Crippen LogP contribution in [-0.4, -0.2) is 5.91 Å². The van der Waals surface area contributed by atoms with Gasteiger partial charge in [0.25, 0.3) is 5.91 Å². The average molecular weight is 418 g/mol. The predicted octanol–water partition coefficient (Wildman–Crippen LogP) is 7.01. The number of allylic oxidation sites excluding steroid dienone is 1. The molecule has 1 amide bonds. The van der Waals surface area contributed by atoms with Crippen LogP contribution >= 0.6 is 11.6 Å². The van der Waals surface area contributed by atoms with E-state index in [1.807, 2.05) is 49.4 Å². The van der Waals surface area contributed by atoms with E-state index in [1.165, 1.54) is 11.1 Å². The summed E-state index contributed by atoms with van der Waals surface area (Å²) < 4.78 is 0. The predicted molar refractivity (Wildman–Crippen MR) is 127 cm³/mol. The van der Waals surface area contributed by atoms with Gasteiger partial charge in [-0.1, -0.05) is 78.7 Å². The van der Waals surface area contributed by atoms with E-state index >= 15 is 0 Å². The number of rotatable bonds is 6. The number of hydrogen-bond donors (Lipinski definition) is 1. The van der Waals surface area contributed by atoms with Gasteiger partial charge in [-0.2, -0.15) is 0 Å². The minimum atomic E-state index is -0.0497. The zero-order valence-electron chi connectivity index (χ0n) is 18.0. The highest BCUT2D eigenvalue weighted by Crippen LogP contribution is 2.24. The monoisotopic (exact) mass is 417 g/mol. The summed E-state index contributed by atoms with van der Waals surface area (Å²) in [5, 5.41) is 3.77. The molecule has 3 heteroatoms. The molecule has 3 aromatic carbocycles. The molecule has 3 rings (SSSR count). The summed E-state index contributed by atoms with van der Waals surface area (Å²) in [5.41, 5.74) is 7.41. The van der Waals surface area contributed by atoms with Crippen molar-refractivity contribution < 1.29 is 4.79 Å². The lowest BCUT2D eigenvalue weighted by Gasteiger charge is -2.10. The molecular formula is C27H28ClNO. The van der Waals surface area contributed by atoms with E-state index in [9.17, 15) is 4.79 Å². The zero-order valence-corrected chi connectivity index (χ0v) is 18.8. The molecule has 0 bridgehead atoms. The Hall–Kier alpha value is -2.84. The third-order valence-corrected chi connectivity index (χ3v) is 5.45. The Kier molecular flexibility index (Phi) is 7.12. The topological polar surface area (TPSA) is 29.1 Å². The van der Waals surface area contributed by atoms with Gasteiger partial charge in [0.15, 0.2) is 0 Å². The second-order valence-electron chi connectivity index (χ2n) is 7.95. The van der Waals surface area contributed by atoms with E-state index in [1.54, 1.807) is 0 Å².